The summed E-state index contributed by atoms with van der Waals surface area (Å²) in [5, 5.41) is 0. The Bertz CT molecular complexity index is 245. The van der Waals surface area contributed by atoms with E-state index in [2.05, 4.69) is 11.8 Å². The second-order valence-electron chi connectivity index (χ2n) is 2.06. The predicted octanol–water partition coefficient (Wildman–Crippen LogP) is 1.11. The van der Waals surface area contributed by atoms with Crippen LogP contribution in [0.2, 0.25) is 0 Å². The average molecular weight is 150 g/mol. The molecule has 0 atom stereocenters. The first-order valence-electron chi connectivity index (χ1n) is 3.24. The maximum absolute atomic E-state index is 10.7. The highest BCUT2D eigenvalue weighted by Crippen LogP contribution is 1.96. The second kappa shape index (κ2) is 4.45. The summed E-state index contributed by atoms with van der Waals surface area (Å²) in [6.45, 7) is 4.35. The smallest absolute Gasteiger partial charge is 0.164 e. The van der Waals surface area contributed by atoms with Gasteiger partial charge in [-0.2, -0.15) is 0 Å². The summed E-state index contributed by atoms with van der Waals surface area (Å²) >= 11 is 0. The van der Waals surface area contributed by atoms with Crippen LogP contribution in [0.4, 0.5) is 0 Å². The zero-order chi connectivity index (χ0) is 8.85. The highest BCUT2D eigenvalue weighted by molar-refractivity contribution is 6.18. The van der Waals surface area contributed by atoms with Gasteiger partial charge in [0.15, 0.2) is 11.6 Å². The third kappa shape index (κ3) is 3.36. The normalized spacial score (nSPS) is 7.55. The summed E-state index contributed by atoms with van der Waals surface area (Å²) < 4.78 is 0. The van der Waals surface area contributed by atoms with Crippen LogP contribution in [0, 0.1) is 11.8 Å². The predicted molar refractivity (Wildman–Crippen MR) is 42.9 cm³/mol. The van der Waals surface area contributed by atoms with Gasteiger partial charge in [-0.25, -0.2) is 0 Å². The molecular formula is C9H10O2. The van der Waals surface area contributed by atoms with E-state index in [1.165, 1.54) is 19.9 Å². The third-order valence-electron chi connectivity index (χ3n) is 1.12. The molecule has 11 heavy (non-hydrogen) atoms. The summed E-state index contributed by atoms with van der Waals surface area (Å²) in [5.74, 6) is 4.66. The molecule has 0 aromatic heterocycles. The molecule has 0 aromatic rings. The van der Waals surface area contributed by atoms with E-state index in [-0.39, 0.29) is 17.1 Å². The van der Waals surface area contributed by atoms with E-state index in [4.69, 9.17) is 0 Å². The van der Waals surface area contributed by atoms with Gasteiger partial charge in [-0.05, 0) is 20.8 Å². The molecule has 0 N–H and O–H groups in total. The first kappa shape index (κ1) is 9.64. The quantitative estimate of drug-likeness (QED) is 0.256. The van der Waals surface area contributed by atoms with Crippen molar-refractivity contribution in [2.75, 3.05) is 0 Å². The van der Waals surface area contributed by atoms with Gasteiger partial charge in [-0.1, -0.05) is 5.92 Å². The molecule has 0 saturated carbocycles. The van der Waals surface area contributed by atoms with Crippen LogP contribution in [-0.2, 0) is 9.59 Å². The summed E-state index contributed by atoms with van der Waals surface area (Å²) in [6.07, 6.45) is 1.35. The summed E-state index contributed by atoms with van der Waals surface area (Å²) in [6, 6.07) is 0. The highest BCUT2D eigenvalue weighted by atomic mass is 16.1. The van der Waals surface area contributed by atoms with Gasteiger partial charge in [0, 0.05) is 6.08 Å². The molecule has 0 radical (unpaired) electrons. The van der Waals surface area contributed by atoms with Crippen molar-refractivity contribution in [1.82, 2.24) is 0 Å². The van der Waals surface area contributed by atoms with Gasteiger partial charge in [0.05, 0.1) is 5.57 Å². The van der Waals surface area contributed by atoms with E-state index in [1.54, 1.807) is 6.92 Å². The standard InChI is InChI=1S/C9H10O2/c1-4-5-6-9(7(2)10)8(3)11/h6H,1-3H3. The molecule has 58 valence electrons. The van der Waals surface area contributed by atoms with Crippen molar-refractivity contribution in [2.45, 2.75) is 20.8 Å². The van der Waals surface area contributed by atoms with Crippen LogP contribution in [0.5, 0.6) is 0 Å². The van der Waals surface area contributed by atoms with E-state index >= 15 is 0 Å². The number of hydrogen-bond acceptors (Lipinski definition) is 2. The zero-order valence-electron chi connectivity index (χ0n) is 6.89. The minimum atomic E-state index is -0.236. The number of allylic oxidation sites excluding steroid dienone is 2. The fraction of sp³-hybridized carbons (Fsp3) is 0.333. The number of hydrogen-bond donors (Lipinski definition) is 0. The van der Waals surface area contributed by atoms with Crippen LogP contribution in [-0.4, -0.2) is 11.6 Å². The maximum Gasteiger partial charge on any atom is 0.164 e. The minimum Gasteiger partial charge on any atom is -0.294 e. The molecule has 0 aliphatic heterocycles. The van der Waals surface area contributed by atoms with Crippen LogP contribution in [0.15, 0.2) is 11.6 Å². The molecule has 0 rings (SSSR count). The van der Waals surface area contributed by atoms with Crippen LogP contribution in [0.1, 0.15) is 20.8 Å². The Hall–Kier alpha value is -1.36. The van der Waals surface area contributed by atoms with Crippen LogP contribution >= 0.6 is 0 Å². The number of carbonyl (C=O) groups is 2. The van der Waals surface area contributed by atoms with Gasteiger partial charge in [0.2, 0.25) is 0 Å². The van der Waals surface area contributed by atoms with Gasteiger partial charge in [0.1, 0.15) is 0 Å². The Kier molecular flexibility index (Phi) is 3.90. The van der Waals surface area contributed by atoms with Crippen LogP contribution < -0.4 is 0 Å². The third-order valence-corrected chi connectivity index (χ3v) is 1.12. The maximum atomic E-state index is 10.7. The van der Waals surface area contributed by atoms with E-state index in [0.29, 0.717) is 0 Å². The first-order chi connectivity index (χ1) is 5.09. The Labute approximate surface area is 66.3 Å². The average Bonchev–Trinajstić information content (AvgIpc) is 1.87. The van der Waals surface area contributed by atoms with Crippen molar-refractivity contribution in [3.63, 3.8) is 0 Å². The SMILES string of the molecule is CC#CC=C(C(C)=O)C(C)=O. The molecule has 0 bridgehead atoms. The number of ketones is 2. The molecule has 0 spiro atoms. The van der Waals surface area contributed by atoms with Gasteiger partial charge in [-0.3, -0.25) is 9.59 Å². The molecule has 0 aromatic carbocycles. The lowest BCUT2D eigenvalue weighted by Gasteiger charge is -1.92. The highest BCUT2D eigenvalue weighted by Gasteiger charge is 2.06. The molecule has 0 aliphatic rings. The fourth-order valence-corrected chi connectivity index (χ4v) is 0.595. The topological polar surface area (TPSA) is 34.1 Å². The van der Waals surface area contributed by atoms with E-state index in [0.717, 1.165) is 0 Å². The molecule has 0 fully saturated rings. The number of rotatable bonds is 2. The molecule has 0 heterocycles. The van der Waals surface area contributed by atoms with Gasteiger partial charge < -0.3 is 0 Å². The van der Waals surface area contributed by atoms with Crippen molar-refractivity contribution in [2.24, 2.45) is 0 Å². The molecule has 0 amide bonds. The molecule has 0 aliphatic carbocycles. The van der Waals surface area contributed by atoms with E-state index in [1.807, 2.05) is 0 Å². The largest absolute Gasteiger partial charge is 0.294 e. The minimum absolute atomic E-state index is 0.166. The summed E-state index contributed by atoms with van der Waals surface area (Å²) in [7, 11) is 0. The van der Waals surface area contributed by atoms with Crippen molar-refractivity contribution in [3.05, 3.63) is 11.6 Å². The van der Waals surface area contributed by atoms with Crippen LogP contribution in [0.3, 0.4) is 0 Å². The lowest BCUT2D eigenvalue weighted by atomic mass is 10.1. The first-order valence-corrected chi connectivity index (χ1v) is 3.24. The van der Waals surface area contributed by atoms with Crippen molar-refractivity contribution < 1.29 is 9.59 Å². The number of Topliss-reactive ketones (excluding diaryl/α,β-unsaturated/α-hetero) is 2. The lowest BCUT2D eigenvalue weighted by Crippen LogP contribution is -2.05. The van der Waals surface area contributed by atoms with Gasteiger partial charge in [0.25, 0.3) is 0 Å². The van der Waals surface area contributed by atoms with Gasteiger partial charge >= 0.3 is 0 Å². The lowest BCUT2D eigenvalue weighted by molar-refractivity contribution is -0.119. The Morgan fingerprint density at radius 2 is 1.64 bits per heavy atom. The van der Waals surface area contributed by atoms with E-state index < -0.39 is 0 Å². The Morgan fingerprint density at radius 3 is 1.91 bits per heavy atom. The van der Waals surface area contributed by atoms with Crippen LogP contribution in [0.25, 0.3) is 0 Å². The number of carbonyl (C=O) groups excluding carboxylic acids is 2. The van der Waals surface area contributed by atoms with Crippen molar-refractivity contribution in [1.29, 1.82) is 0 Å². The fourth-order valence-electron chi connectivity index (χ4n) is 0.595. The molecular weight excluding hydrogens is 140 g/mol. The summed E-state index contributed by atoms with van der Waals surface area (Å²) in [5.41, 5.74) is 0.166. The Morgan fingerprint density at radius 1 is 1.18 bits per heavy atom. The van der Waals surface area contributed by atoms with Crippen molar-refractivity contribution in [3.8, 4) is 11.8 Å². The Balaban J connectivity index is 4.70. The summed E-state index contributed by atoms with van der Waals surface area (Å²) in [4.78, 5) is 21.5. The zero-order valence-corrected chi connectivity index (χ0v) is 6.89. The molecule has 0 unspecified atom stereocenters. The monoisotopic (exact) mass is 150 g/mol. The molecule has 2 nitrogen and oxygen atoms in total. The molecule has 2 heteroatoms. The van der Waals surface area contributed by atoms with E-state index in [9.17, 15) is 9.59 Å². The molecule has 0 saturated heterocycles. The van der Waals surface area contributed by atoms with Crippen molar-refractivity contribution >= 4 is 11.6 Å². The van der Waals surface area contributed by atoms with Gasteiger partial charge in [-0.15, -0.1) is 5.92 Å². The second-order valence-corrected chi connectivity index (χ2v) is 2.06.